The van der Waals surface area contributed by atoms with Crippen LogP contribution < -0.4 is 11.1 Å². The van der Waals surface area contributed by atoms with Crippen molar-refractivity contribution >= 4 is 11.6 Å². The van der Waals surface area contributed by atoms with E-state index in [1.54, 1.807) is 12.3 Å². The molecule has 0 aliphatic rings. The summed E-state index contributed by atoms with van der Waals surface area (Å²) in [6.45, 7) is 3.98. The highest BCUT2D eigenvalue weighted by Crippen LogP contribution is 2.17. The first kappa shape index (κ1) is 14.2. The Hall–Kier alpha value is -2.23. The molecule has 0 fully saturated rings. The van der Waals surface area contributed by atoms with E-state index in [1.165, 1.54) is 0 Å². The van der Waals surface area contributed by atoms with Crippen molar-refractivity contribution < 1.29 is 9.21 Å². The van der Waals surface area contributed by atoms with Crippen molar-refractivity contribution in [1.82, 2.24) is 0 Å². The molecule has 4 nitrogen and oxygen atoms in total. The second kappa shape index (κ2) is 6.28. The van der Waals surface area contributed by atoms with E-state index < -0.39 is 5.91 Å². The van der Waals surface area contributed by atoms with E-state index in [4.69, 9.17) is 10.2 Å². The van der Waals surface area contributed by atoms with Crippen LogP contribution in [0.3, 0.4) is 0 Å². The number of carbonyl (C=O) groups is 1. The lowest BCUT2D eigenvalue weighted by Crippen LogP contribution is -2.17. The number of rotatable bonds is 6. The maximum atomic E-state index is 11.3. The molecule has 4 heteroatoms. The second-order valence-electron chi connectivity index (χ2n) is 5.06. The van der Waals surface area contributed by atoms with Gasteiger partial charge in [-0.05, 0) is 50.1 Å². The maximum Gasteiger partial charge on any atom is 0.249 e. The van der Waals surface area contributed by atoms with Gasteiger partial charge in [-0.2, -0.15) is 0 Å². The molecule has 1 atom stereocenters. The van der Waals surface area contributed by atoms with E-state index in [0.717, 1.165) is 29.9 Å². The second-order valence-corrected chi connectivity index (χ2v) is 5.06. The number of carbonyl (C=O) groups excluding carboxylic acids is 1. The van der Waals surface area contributed by atoms with Crippen LogP contribution in [0.2, 0.25) is 0 Å². The third-order valence-corrected chi connectivity index (χ3v) is 3.32. The Labute approximate surface area is 119 Å². The molecular formula is C16H20N2O2. The summed E-state index contributed by atoms with van der Waals surface area (Å²) in [6, 6.07) is 9.83. The van der Waals surface area contributed by atoms with Crippen molar-refractivity contribution in [2.24, 2.45) is 5.73 Å². The molecule has 0 saturated carbocycles. The van der Waals surface area contributed by atoms with Crippen molar-refractivity contribution in [3.8, 4) is 0 Å². The molecule has 0 radical (unpaired) electrons. The van der Waals surface area contributed by atoms with E-state index in [2.05, 4.69) is 12.2 Å². The Morgan fingerprint density at radius 3 is 2.85 bits per heavy atom. The number of furan rings is 1. The number of hydrogen-bond acceptors (Lipinski definition) is 3. The molecule has 3 N–H and O–H groups in total. The Bertz CT molecular complexity index is 576. The summed E-state index contributed by atoms with van der Waals surface area (Å²) < 4.78 is 5.31. The molecular weight excluding hydrogens is 252 g/mol. The molecule has 1 aromatic heterocycles. The largest absolute Gasteiger partial charge is 0.469 e. The number of benzene rings is 1. The fraction of sp³-hybridized carbons (Fsp3) is 0.312. The zero-order chi connectivity index (χ0) is 14.5. The van der Waals surface area contributed by atoms with Crippen LogP contribution in [0.15, 0.2) is 41.0 Å². The number of nitrogens with two attached hydrogens (primary N) is 1. The van der Waals surface area contributed by atoms with Crippen molar-refractivity contribution in [2.45, 2.75) is 32.7 Å². The van der Waals surface area contributed by atoms with Gasteiger partial charge in [0.05, 0.1) is 6.26 Å². The minimum absolute atomic E-state index is 0.281. The summed E-state index contributed by atoms with van der Waals surface area (Å²) in [5.41, 5.74) is 7.73. The fourth-order valence-corrected chi connectivity index (χ4v) is 2.15. The number of hydrogen-bond donors (Lipinski definition) is 2. The van der Waals surface area contributed by atoms with Gasteiger partial charge in [0.2, 0.25) is 5.91 Å². The molecule has 106 valence electrons. The van der Waals surface area contributed by atoms with E-state index in [0.29, 0.717) is 5.56 Å². The van der Waals surface area contributed by atoms with E-state index >= 15 is 0 Å². The molecule has 1 aromatic carbocycles. The van der Waals surface area contributed by atoms with Crippen LogP contribution in [0.5, 0.6) is 0 Å². The van der Waals surface area contributed by atoms with Gasteiger partial charge in [-0.1, -0.05) is 6.07 Å². The first-order chi connectivity index (χ1) is 9.56. The number of amides is 1. The minimum atomic E-state index is -0.394. The van der Waals surface area contributed by atoms with Gasteiger partial charge in [0.25, 0.3) is 0 Å². The predicted molar refractivity (Wildman–Crippen MR) is 79.8 cm³/mol. The topological polar surface area (TPSA) is 68.3 Å². The third-order valence-electron chi connectivity index (χ3n) is 3.32. The summed E-state index contributed by atoms with van der Waals surface area (Å²) in [4.78, 5) is 11.3. The van der Waals surface area contributed by atoms with E-state index in [9.17, 15) is 4.79 Å². The SMILES string of the molecule is Cc1ccc(NC(C)CCc2ccco2)cc1C(N)=O. The number of aryl methyl sites for hydroxylation is 2. The molecule has 2 rings (SSSR count). The quantitative estimate of drug-likeness (QED) is 0.849. The van der Waals surface area contributed by atoms with Gasteiger partial charge >= 0.3 is 0 Å². The van der Waals surface area contributed by atoms with Crippen molar-refractivity contribution in [2.75, 3.05) is 5.32 Å². The highest BCUT2D eigenvalue weighted by atomic mass is 16.3. The summed E-state index contributed by atoms with van der Waals surface area (Å²) in [6.07, 6.45) is 3.52. The molecule has 1 unspecified atom stereocenters. The smallest absolute Gasteiger partial charge is 0.249 e. The van der Waals surface area contributed by atoms with Crippen molar-refractivity contribution in [1.29, 1.82) is 0 Å². The van der Waals surface area contributed by atoms with Gasteiger partial charge in [0.1, 0.15) is 5.76 Å². The van der Waals surface area contributed by atoms with Gasteiger partial charge in [0.15, 0.2) is 0 Å². The standard InChI is InChI=1S/C16H20N2O2/c1-11-5-7-13(10-15(11)16(17)19)18-12(2)6-8-14-4-3-9-20-14/h3-5,7,9-10,12,18H,6,8H2,1-2H3,(H2,17,19). The first-order valence-electron chi connectivity index (χ1n) is 6.75. The van der Waals surface area contributed by atoms with Crippen LogP contribution in [-0.4, -0.2) is 11.9 Å². The number of primary amides is 1. The maximum absolute atomic E-state index is 11.3. The van der Waals surface area contributed by atoms with E-state index in [-0.39, 0.29) is 6.04 Å². The molecule has 0 aliphatic heterocycles. The number of nitrogens with one attached hydrogen (secondary N) is 1. The van der Waals surface area contributed by atoms with Gasteiger partial charge < -0.3 is 15.5 Å². The Balaban J connectivity index is 1.95. The fourth-order valence-electron chi connectivity index (χ4n) is 2.15. The molecule has 2 aromatic rings. The van der Waals surface area contributed by atoms with Crippen LogP contribution in [0.25, 0.3) is 0 Å². The zero-order valence-electron chi connectivity index (χ0n) is 11.8. The lowest BCUT2D eigenvalue weighted by atomic mass is 10.1. The minimum Gasteiger partial charge on any atom is -0.469 e. The highest BCUT2D eigenvalue weighted by molar-refractivity contribution is 5.95. The molecule has 0 spiro atoms. The predicted octanol–water partition coefficient (Wildman–Crippen LogP) is 3.12. The van der Waals surface area contributed by atoms with Gasteiger partial charge in [-0.25, -0.2) is 0 Å². The summed E-state index contributed by atoms with van der Waals surface area (Å²) in [5, 5.41) is 3.38. The number of anilines is 1. The zero-order valence-corrected chi connectivity index (χ0v) is 11.8. The van der Waals surface area contributed by atoms with Crippen LogP contribution in [-0.2, 0) is 6.42 Å². The Morgan fingerprint density at radius 2 is 2.20 bits per heavy atom. The van der Waals surface area contributed by atoms with Crippen LogP contribution in [0.4, 0.5) is 5.69 Å². The lowest BCUT2D eigenvalue weighted by molar-refractivity contribution is 0.0999. The first-order valence-corrected chi connectivity index (χ1v) is 6.75. The summed E-state index contributed by atoms with van der Waals surface area (Å²) in [7, 11) is 0. The van der Waals surface area contributed by atoms with Gasteiger partial charge in [-0.3, -0.25) is 4.79 Å². The summed E-state index contributed by atoms with van der Waals surface area (Å²) >= 11 is 0. The van der Waals surface area contributed by atoms with E-state index in [1.807, 2.05) is 31.2 Å². The average molecular weight is 272 g/mol. The van der Waals surface area contributed by atoms with Crippen molar-refractivity contribution in [3.05, 3.63) is 53.5 Å². The molecule has 0 bridgehead atoms. The van der Waals surface area contributed by atoms with Gasteiger partial charge in [-0.15, -0.1) is 0 Å². The van der Waals surface area contributed by atoms with Crippen LogP contribution in [0.1, 0.15) is 35.0 Å². The van der Waals surface area contributed by atoms with Crippen LogP contribution >= 0.6 is 0 Å². The van der Waals surface area contributed by atoms with Crippen molar-refractivity contribution in [3.63, 3.8) is 0 Å². The highest BCUT2D eigenvalue weighted by Gasteiger charge is 2.08. The molecule has 20 heavy (non-hydrogen) atoms. The lowest BCUT2D eigenvalue weighted by Gasteiger charge is -2.15. The Kier molecular flexibility index (Phi) is 4.45. The third kappa shape index (κ3) is 3.63. The molecule has 0 aliphatic carbocycles. The molecule has 1 heterocycles. The molecule has 0 saturated heterocycles. The molecule has 1 amide bonds. The van der Waals surface area contributed by atoms with Gasteiger partial charge in [0, 0.05) is 23.7 Å². The summed E-state index contributed by atoms with van der Waals surface area (Å²) in [5.74, 6) is 0.592. The normalized spacial score (nSPS) is 12.1. The average Bonchev–Trinajstić information content (AvgIpc) is 2.91. The van der Waals surface area contributed by atoms with Crippen LogP contribution in [0, 0.1) is 6.92 Å². The monoisotopic (exact) mass is 272 g/mol. The Morgan fingerprint density at radius 1 is 1.40 bits per heavy atom.